The Labute approximate surface area is 307 Å². The van der Waals surface area contributed by atoms with Gasteiger partial charge < -0.3 is 24.6 Å². The largest absolute Gasteiger partial charge is 0.472 e. The number of carbonyl (C=O) groups excluding carboxylic acids is 2. The summed E-state index contributed by atoms with van der Waals surface area (Å²) in [5.74, 6) is -1.02. The number of phosphoric acid groups is 1. The lowest BCUT2D eigenvalue weighted by atomic mass is 10.1. The van der Waals surface area contributed by atoms with Gasteiger partial charge in [0, 0.05) is 12.8 Å². The van der Waals surface area contributed by atoms with Crippen molar-refractivity contribution in [1.82, 2.24) is 0 Å². The summed E-state index contributed by atoms with van der Waals surface area (Å²) in [7, 11) is -4.63. The molecule has 10 nitrogen and oxygen atoms in total. The molecule has 3 N–H and O–H groups in total. The van der Waals surface area contributed by atoms with Crippen LogP contribution in [0.1, 0.15) is 117 Å². The van der Waals surface area contributed by atoms with Crippen LogP contribution in [-0.2, 0) is 32.7 Å². The van der Waals surface area contributed by atoms with Crippen molar-refractivity contribution in [2.24, 2.45) is 0 Å². The molecule has 0 spiro atoms. The van der Waals surface area contributed by atoms with Crippen molar-refractivity contribution in [2.45, 2.75) is 129 Å². The van der Waals surface area contributed by atoms with Crippen LogP contribution in [0.15, 0.2) is 85.1 Å². The second-order valence-corrected chi connectivity index (χ2v) is 13.3. The molecule has 0 rings (SSSR count). The molecule has 0 amide bonds. The van der Waals surface area contributed by atoms with Crippen molar-refractivity contribution in [3.05, 3.63) is 85.1 Å². The minimum atomic E-state index is -4.63. The van der Waals surface area contributed by atoms with Crippen molar-refractivity contribution in [3.63, 3.8) is 0 Å². The molecule has 290 valence electrons. The lowest BCUT2D eigenvalue weighted by Gasteiger charge is -2.20. The maximum Gasteiger partial charge on any atom is 0.472 e. The zero-order valence-electron chi connectivity index (χ0n) is 31.0. The highest BCUT2D eigenvalue weighted by Gasteiger charge is 2.27. The Balaban J connectivity index is 4.53. The van der Waals surface area contributed by atoms with Crippen LogP contribution >= 0.6 is 7.82 Å². The van der Waals surface area contributed by atoms with E-state index in [2.05, 4.69) is 103 Å². The molecule has 0 aromatic heterocycles. The number of aliphatic hydroxyl groups excluding tert-OH is 2. The summed E-state index contributed by atoms with van der Waals surface area (Å²) < 4.78 is 32.5. The third kappa shape index (κ3) is 35.3. The highest BCUT2D eigenvalue weighted by molar-refractivity contribution is 7.47. The fraction of sp³-hybridized carbons (Fsp3) is 0.600. The number of phosphoric ester groups is 1. The number of ether oxygens (including phenoxy) is 2. The molecule has 0 aromatic rings. The molecule has 0 aliphatic carbocycles. The maximum atomic E-state index is 12.5. The van der Waals surface area contributed by atoms with Gasteiger partial charge in [0.25, 0.3) is 0 Å². The van der Waals surface area contributed by atoms with E-state index in [4.69, 9.17) is 19.1 Å². The van der Waals surface area contributed by atoms with Crippen molar-refractivity contribution in [3.8, 4) is 0 Å². The predicted molar refractivity (Wildman–Crippen MR) is 205 cm³/mol. The smallest absolute Gasteiger partial charge is 0.462 e. The fourth-order valence-corrected chi connectivity index (χ4v) is 5.02. The van der Waals surface area contributed by atoms with Crippen LogP contribution in [0.5, 0.6) is 0 Å². The molecule has 3 unspecified atom stereocenters. The third-order valence-corrected chi connectivity index (χ3v) is 8.00. The minimum Gasteiger partial charge on any atom is -0.462 e. The summed E-state index contributed by atoms with van der Waals surface area (Å²) in [5.41, 5.74) is 0. The van der Waals surface area contributed by atoms with E-state index < -0.39 is 51.8 Å². The number of aliphatic hydroxyl groups is 2. The number of hydrogen-bond acceptors (Lipinski definition) is 9. The van der Waals surface area contributed by atoms with Crippen LogP contribution in [0.25, 0.3) is 0 Å². The topological polar surface area (TPSA) is 149 Å². The molecule has 0 bridgehead atoms. The summed E-state index contributed by atoms with van der Waals surface area (Å²) in [6.45, 7) is 2.02. The number of carbonyl (C=O) groups is 2. The van der Waals surface area contributed by atoms with E-state index in [0.29, 0.717) is 12.8 Å². The van der Waals surface area contributed by atoms with E-state index in [-0.39, 0.29) is 19.4 Å². The lowest BCUT2D eigenvalue weighted by molar-refractivity contribution is -0.161. The first-order valence-electron chi connectivity index (χ1n) is 18.5. The zero-order chi connectivity index (χ0) is 37.7. The van der Waals surface area contributed by atoms with Gasteiger partial charge in [0.1, 0.15) is 12.7 Å². The molecule has 0 aliphatic heterocycles. The Morgan fingerprint density at radius 1 is 0.588 bits per heavy atom. The van der Waals surface area contributed by atoms with Gasteiger partial charge in [-0.2, -0.15) is 0 Å². The number of rotatable bonds is 33. The van der Waals surface area contributed by atoms with Crippen molar-refractivity contribution >= 4 is 19.8 Å². The average molecular weight is 737 g/mol. The number of hydrogen-bond donors (Lipinski definition) is 3. The molecule has 0 saturated carbocycles. The summed E-state index contributed by atoms with van der Waals surface area (Å²) in [5, 5.41) is 18.3. The van der Waals surface area contributed by atoms with E-state index in [9.17, 15) is 24.2 Å². The van der Waals surface area contributed by atoms with Gasteiger partial charge in [-0.05, 0) is 83.5 Å². The molecular weight excluding hydrogens is 671 g/mol. The lowest BCUT2D eigenvalue weighted by Crippen LogP contribution is -2.29. The monoisotopic (exact) mass is 736 g/mol. The first kappa shape index (κ1) is 48.1. The van der Waals surface area contributed by atoms with Gasteiger partial charge in [-0.3, -0.25) is 18.6 Å². The molecule has 0 fully saturated rings. The summed E-state index contributed by atoms with van der Waals surface area (Å²) in [6.07, 6.45) is 39.9. The fourth-order valence-electron chi connectivity index (χ4n) is 4.23. The Kier molecular flexibility index (Phi) is 33.6. The van der Waals surface area contributed by atoms with Crippen LogP contribution in [0.3, 0.4) is 0 Å². The van der Waals surface area contributed by atoms with Gasteiger partial charge in [0.15, 0.2) is 6.10 Å². The summed E-state index contributed by atoms with van der Waals surface area (Å²) in [4.78, 5) is 34.8. The second-order valence-electron chi connectivity index (χ2n) is 11.8. The molecular formula is C40H65O10P. The highest BCUT2D eigenvalue weighted by atomic mass is 31.2. The van der Waals surface area contributed by atoms with Crippen LogP contribution in [0, 0.1) is 0 Å². The molecule has 0 saturated heterocycles. The van der Waals surface area contributed by atoms with Gasteiger partial charge in [-0.25, -0.2) is 4.57 Å². The molecule has 0 heterocycles. The highest BCUT2D eigenvalue weighted by Crippen LogP contribution is 2.43. The molecule has 0 aromatic carbocycles. The predicted octanol–water partition coefficient (Wildman–Crippen LogP) is 9.10. The molecule has 3 atom stereocenters. The van der Waals surface area contributed by atoms with Crippen LogP contribution in [0.4, 0.5) is 0 Å². The third-order valence-electron chi connectivity index (χ3n) is 7.04. The average Bonchev–Trinajstić information content (AvgIpc) is 3.12. The number of allylic oxidation sites excluding steroid dienone is 14. The molecule has 0 aliphatic rings. The van der Waals surface area contributed by atoms with Crippen LogP contribution in [-0.4, -0.2) is 65.7 Å². The Morgan fingerprint density at radius 2 is 1.02 bits per heavy atom. The zero-order valence-corrected chi connectivity index (χ0v) is 31.9. The first-order valence-corrected chi connectivity index (χ1v) is 20.0. The Bertz CT molecular complexity index is 1120. The standard InChI is InChI=1S/C40H65O10P/c1-3-5-7-9-11-13-15-17-18-20-22-24-26-28-30-32-40(44)50-38(36-49-51(45,46)48-34-37(42)33-41)35-47-39(43)31-29-27-25-23-21-19-16-14-12-10-8-6-4-2/h5-8,11-14,17-19,21-22,24,37-38,41-42H,3-4,9-10,15-16,20,23,25-36H2,1-2H3,(H,45,46)/b7-5-,8-6-,13-11-,14-12-,18-17-,21-19-,24-22-. The molecule has 51 heavy (non-hydrogen) atoms. The summed E-state index contributed by atoms with van der Waals surface area (Å²) >= 11 is 0. The van der Waals surface area contributed by atoms with E-state index in [0.717, 1.165) is 77.0 Å². The van der Waals surface area contributed by atoms with Gasteiger partial charge in [0.05, 0.1) is 19.8 Å². The number of unbranched alkanes of at least 4 members (excludes halogenated alkanes) is 5. The van der Waals surface area contributed by atoms with Crippen molar-refractivity contribution in [1.29, 1.82) is 0 Å². The quantitative estimate of drug-likeness (QED) is 0.0258. The van der Waals surface area contributed by atoms with Crippen LogP contribution < -0.4 is 0 Å². The second kappa shape index (κ2) is 35.5. The van der Waals surface area contributed by atoms with Gasteiger partial charge in [-0.1, -0.05) is 105 Å². The molecule has 11 heteroatoms. The van der Waals surface area contributed by atoms with E-state index in [1.54, 1.807) is 0 Å². The van der Waals surface area contributed by atoms with Crippen molar-refractivity contribution in [2.75, 3.05) is 26.4 Å². The van der Waals surface area contributed by atoms with E-state index >= 15 is 0 Å². The summed E-state index contributed by atoms with van der Waals surface area (Å²) in [6, 6.07) is 0. The van der Waals surface area contributed by atoms with Gasteiger partial charge in [0.2, 0.25) is 0 Å². The Morgan fingerprint density at radius 3 is 1.53 bits per heavy atom. The first-order chi connectivity index (χ1) is 24.7. The maximum absolute atomic E-state index is 12.5. The number of esters is 2. The van der Waals surface area contributed by atoms with Crippen molar-refractivity contribution < 1.29 is 47.8 Å². The van der Waals surface area contributed by atoms with E-state index in [1.807, 2.05) is 0 Å². The normalized spacial score (nSPS) is 15.0. The van der Waals surface area contributed by atoms with E-state index in [1.165, 1.54) is 0 Å². The SMILES string of the molecule is CC/C=C\C/C=C\C/C=C\C/C=C\CCCCC(=O)OC(COC(=O)CCCCC/C=C\C/C=C\C/C=C\CC)COP(=O)(O)OCC(O)CO. The van der Waals surface area contributed by atoms with Gasteiger partial charge in [-0.15, -0.1) is 0 Å². The Hall–Kier alpha value is -2.85. The van der Waals surface area contributed by atoms with Gasteiger partial charge >= 0.3 is 19.8 Å². The minimum absolute atomic E-state index is 0.120. The van der Waals surface area contributed by atoms with Crippen LogP contribution in [0.2, 0.25) is 0 Å². The molecule has 0 radical (unpaired) electrons.